The summed E-state index contributed by atoms with van der Waals surface area (Å²) in [4.78, 5) is 0. The van der Waals surface area contributed by atoms with Gasteiger partial charge in [-0.25, -0.2) is 8.78 Å². The van der Waals surface area contributed by atoms with Crippen LogP contribution in [0.2, 0.25) is 0 Å². The first-order valence-electron chi connectivity index (χ1n) is 5.82. The number of nitrogens with two attached hydrogens (primary N) is 1. The van der Waals surface area contributed by atoms with Gasteiger partial charge in [-0.3, -0.25) is 0 Å². The third-order valence-corrected chi connectivity index (χ3v) is 3.60. The molecule has 1 aliphatic rings. The molecular formula is C13H17F2NO2. The van der Waals surface area contributed by atoms with Crippen molar-refractivity contribution in [2.75, 3.05) is 20.8 Å². The monoisotopic (exact) mass is 257 g/mol. The molecule has 1 aromatic carbocycles. The van der Waals surface area contributed by atoms with Crippen LogP contribution in [0.1, 0.15) is 30.4 Å². The highest BCUT2D eigenvalue weighted by atomic mass is 19.3. The molecule has 1 saturated carbocycles. The molecule has 1 aliphatic carbocycles. The van der Waals surface area contributed by atoms with Crippen molar-refractivity contribution >= 4 is 0 Å². The molecule has 0 aromatic heterocycles. The maximum Gasteiger partial charge on any atom is 0.267 e. The number of benzene rings is 1. The number of hydrogen-bond acceptors (Lipinski definition) is 3. The van der Waals surface area contributed by atoms with E-state index in [1.807, 2.05) is 0 Å². The van der Waals surface area contributed by atoms with Crippen LogP contribution in [0.25, 0.3) is 0 Å². The zero-order chi connectivity index (χ0) is 13.3. The SMILES string of the molecule is COc1cc(OC)c(C2(CN)CC2)cc1C(F)F. The second-order valence-electron chi connectivity index (χ2n) is 4.58. The Hall–Kier alpha value is -1.36. The first-order chi connectivity index (χ1) is 8.57. The first-order valence-corrected chi connectivity index (χ1v) is 5.82. The van der Waals surface area contributed by atoms with E-state index >= 15 is 0 Å². The molecule has 0 heterocycles. The third-order valence-electron chi connectivity index (χ3n) is 3.60. The molecule has 100 valence electrons. The van der Waals surface area contributed by atoms with Crippen molar-refractivity contribution < 1.29 is 18.3 Å². The zero-order valence-corrected chi connectivity index (χ0v) is 10.5. The molecule has 0 bridgehead atoms. The Morgan fingerprint density at radius 2 is 1.83 bits per heavy atom. The molecule has 0 radical (unpaired) electrons. The minimum absolute atomic E-state index is 0.104. The molecule has 0 saturated heterocycles. The fraction of sp³-hybridized carbons (Fsp3) is 0.538. The summed E-state index contributed by atoms with van der Waals surface area (Å²) < 4.78 is 36.2. The van der Waals surface area contributed by atoms with Crippen molar-refractivity contribution in [2.24, 2.45) is 5.73 Å². The highest BCUT2D eigenvalue weighted by Crippen LogP contribution is 2.52. The van der Waals surface area contributed by atoms with Crippen molar-refractivity contribution in [3.8, 4) is 11.5 Å². The van der Waals surface area contributed by atoms with E-state index in [2.05, 4.69) is 0 Å². The number of halogens is 2. The molecule has 2 rings (SSSR count). The summed E-state index contributed by atoms with van der Waals surface area (Å²) in [5.74, 6) is 0.720. The van der Waals surface area contributed by atoms with Gasteiger partial charge in [0, 0.05) is 23.6 Å². The maximum absolute atomic E-state index is 13.0. The van der Waals surface area contributed by atoms with Crippen LogP contribution in [0.3, 0.4) is 0 Å². The number of hydrogen-bond donors (Lipinski definition) is 1. The fourth-order valence-corrected chi connectivity index (χ4v) is 2.24. The zero-order valence-electron chi connectivity index (χ0n) is 10.5. The van der Waals surface area contributed by atoms with Gasteiger partial charge in [-0.05, 0) is 18.9 Å². The minimum atomic E-state index is -2.57. The van der Waals surface area contributed by atoms with Gasteiger partial charge in [-0.2, -0.15) is 0 Å². The van der Waals surface area contributed by atoms with Gasteiger partial charge < -0.3 is 15.2 Å². The summed E-state index contributed by atoms with van der Waals surface area (Å²) in [6, 6.07) is 2.99. The Balaban J connectivity index is 2.54. The maximum atomic E-state index is 13.0. The standard InChI is InChI=1S/C13H17F2NO2/c1-17-10-6-11(18-2)9(5-8(10)12(14)15)13(7-16)3-4-13/h5-6,12H,3-4,7,16H2,1-2H3. The van der Waals surface area contributed by atoms with Gasteiger partial charge in [0.2, 0.25) is 0 Å². The average molecular weight is 257 g/mol. The van der Waals surface area contributed by atoms with Crippen LogP contribution in [0.4, 0.5) is 8.78 Å². The van der Waals surface area contributed by atoms with E-state index in [9.17, 15) is 8.78 Å². The van der Waals surface area contributed by atoms with E-state index < -0.39 is 6.43 Å². The summed E-state index contributed by atoms with van der Waals surface area (Å²) in [6.45, 7) is 0.443. The summed E-state index contributed by atoms with van der Waals surface area (Å²) in [5.41, 5.74) is 6.22. The number of alkyl halides is 2. The Bertz CT molecular complexity index is 445. The molecule has 1 fully saturated rings. The Labute approximate surface area is 105 Å². The van der Waals surface area contributed by atoms with E-state index in [-0.39, 0.29) is 16.7 Å². The van der Waals surface area contributed by atoms with Gasteiger partial charge in [-0.15, -0.1) is 0 Å². The predicted molar refractivity (Wildman–Crippen MR) is 64.5 cm³/mol. The van der Waals surface area contributed by atoms with Crippen molar-refractivity contribution in [1.82, 2.24) is 0 Å². The molecule has 0 aliphatic heterocycles. The molecular weight excluding hydrogens is 240 g/mol. The van der Waals surface area contributed by atoms with E-state index in [0.717, 1.165) is 18.4 Å². The van der Waals surface area contributed by atoms with E-state index in [4.69, 9.17) is 15.2 Å². The van der Waals surface area contributed by atoms with Gasteiger partial charge in [0.25, 0.3) is 6.43 Å². The smallest absolute Gasteiger partial charge is 0.267 e. The topological polar surface area (TPSA) is 44.5 Å². The average Bonchev–Trinajstić information content (AvgIpc) is 3.17. The lowest BCUT2D eigenvalue weighted by Crippen LogP contribution is -2.21. The van der Waals surface area contributed by atoms with Crippen molar-refractivity contribution in [3.05, 3.63) is 23.3 Å². The third kappa shape index (κ3) is 2.03. The Morgan fingerprint density at radius 1 is 1.22 bits per heavy atom. The summed E-state index contributed by atoms with van der Waals surface area (Å²) in [5, 5.41) is 0. The number of rotatable bonds is 5. The molecule has 0 atom stereocenters. The lowest BCUT2D eigenvalue weighted by Gasteiger charge is -2.20. The molecule has 1 aromatic rings. The minimum Gasteiger partial charge on any atom is -0.496 e. The van der Waals surface area contributed by atoms with Crippen LogP contribution < -0.4 is 15.2 Å². The van der Waals surface area contributed by atoms with Crippen LogP contribution >= 0.6 is 0 Å². The van der Waals surface area contributed by atoms with Crippen LogP contribution in [0.5, 0.6) is 11.5 Å². The highest BCUT2D eigenvalue weighted by Gasteiger charge is 2.45. The van der Waals surface area contributed by atoms with Crippen LogP contribution in [-0.2, 0) is 5.41 Å². The molecule has 0 unspecified atom stereocenters. The normalized spacial score (nSPS) is 16.8. The fourth-order valence-electron chi connectivity index (χ4n) is 2.24. The predicted octanol–water partition coefficient (Wildman–Crippen LogP) is 2.63. The van der Waals surface area contributed by atoms with E-state index in [0.29, 0.717) is 12.3 Å². The van der Waals surface area contributed by atoms with Gasteiger partial charge >= 0.3 is 0 Å². The van der Waals surface area contributed by atoms with E-state index in [1.54, 1.807) is 0 Å². The van der Waals surface area contributed by atoms with Gasteiger partial charge in [0.05, 0.1) is 19.8 Å². The lowest BCUT2D eigenvalue weighted by molar-refractivity contribution is 0.146. The van der Waals surface area contributed by atoms with Crippen molar-refractivity contribution in [1.29, 1.82) is 0 Å². The quantitative estimate of drug-likeness (QED) is 0.882. The number of ether oxygens (including phenoxy) is 2. The second kappa shape index (κ2) is 4.72. The molecule has 0 amide bonds. The van der Waals surface area contributed by atoms with Crippen molar-refractivity contribution in [2.45, 2.75) is 24.7 Å². The Kier molecular flexibility index (Phi) is 3.43. The summed E-state index contributed by atoms with van der Waals surface area (Å²) >= 11 is 0. The summed E-state index contributed by atoms with van der Waals surface area (Å²) in [7, 11) is 2.89. The van der Waals surface area contributed by atoms with Crippen LogP contribution in [0, 0.1) is 0 Å². The van der Waals surface area contributed by atoms with Gasteiger partial charge in [0.15, 0.2) is 0 Å². The molecule has 3 nitrogen and oxygen atoms in total. The van der Waals surface area contributed by atoms with Crippen molar-refractivity contribution in [3.63, 3.8) is 0 Å². The highest BCUT2D eigenvalue weighted by molar-refractivity contribution is 5.52. The van der Waals surface area contributed by atoms with Gasteiger partial charge in [0.1, 0.15) is 11.5 Å². The van der Waals surface area contributed by atoms with E-state index in [1.165, 1.54) is 26.4 Å². The molecule has 18 heavy (non-hydrogen) atoms. The first kappa shape index (κ1) is 13.1. The molecule has 2 N–H and O–H groups in total. The lowest BCUT2D eigenvalue weighted by atomic mass is 9.93. The number of methoxy groups -OCH3 is 2. The van der Waals surface area contributed by atoms with Crippen LogP contribution in [0.15, 0.2) is 12.1 Å². The second-order valence-corrected chi connectivity index (χ2v) is 4.58. The van der Waals surface area contributed by atoms with Gasteiger partial charge in [-0.1, -0.05) is 0 Å². The Morgan fingerprint density at radius 3 is 2.22 bits per heavy atom. The molecule has 5 heteroatoms. The van der Waals surface area contributed by atoms with Crippen LogP contribution in [-0.4, -0.2) is 20.8 Å². The largest absolute Gasteiger partial charge is 0.496 e. The molecule has 0 spiro atoms. The summed E-state index contributed by atoms with van der Waals surface area (Å²) in [6.07, 6.45) is -0.748.